The summed E-state index contributed by atoms with van der Waals surface area (Å²) in [5, 5.41) is 1.14. The molecule has 0 aliphatic carbocycles. The predicted octanol–water partition coefficient (Wildman–Crippen LogP) is 3.27. The van der Waals surface area contributed by atoms with E-state index >= 15 is 0 Å². The largest absolute Gasteiger partial charge is 0.351 e. The van der Waals surface area contributed by atoms with Gasteiger partial charge in [0.15, 0.2) is 0 Å². The van der Waals surface area contributed by atoms with Crippen molar-refractivity contribution in [2.24, 2.45) is 0 Å². The fraction of sp³-hybridized carbons (Fsp3) is 0.182. The molecule has 0 unspecified atom stereocenters. The van der Waals surface area contributed by atoms with E-state index in [1.165, 1.54) is 0 Å². The Labute approximate surface area is 90.4 Å². The van der Waals surface area contributed by atoms with E-state index in [1.807, 2.05) is 24.3 Å². The van der Waals surface area contributed by atoms with Crippen molar-refractivity contribution in [1.82, 2.24) is 4.98 Å². The van der Waals surface area contributed by atoms with Crippen molar-refractivity contribution >= 4 is 31.5 Å². The van der Waals surface area contributed by atoms with Crippen LogP contribution in [0.4, 0.5) is 0 Å². The minimum Gasteiger partial charge on any atom is -0.351 e. The zero-order chi connectivity index (χ0) is 10.1. The molecule has 1 N–H and O–H groups in total. The maximum Gasteiger partial charge on any atom is 0.244 e. The number of fused-ring (bicyclic) bond motifs is 1. The Bertz CT molecular complexity index is 487. The Morgan fingerprint density at radius 2 is 2.14 bits per heavy atom. The van der Waals surface area contributed by atoms with Crippen molar-refractivity contribution in [3.63, 3.8) is 0 Å². The Kier molecular flexibility index (Phi) is 2.42. The molecule has 0 saturated carbocycles. The van der Waals surface area contributed by atoms with E-state index in [4.69, 9.17) is 0 Å². The number of hydrogen-bond acceptors (Lipinski definition) is 1. The van der Waals surface area contributed by atoms with Gasteiger partial charge in [-0.3, -0.25) is 4.79 Å². The molecule has 72 valence electrons. The standard InChI is InChI=1S/C11H10BrNO/c1-2-7-8-5-3-4-6-9(8)13-10(7)11(12)14/h3-6,13H,2H2,1H3. The second kappa shape index (κ2) is 3.58. The number of aromatic amines is 1. The molecule has 1 aromatic heterocycles. The highest BCUT2D eigenvalue weighted by Gasteiger charge is 2.13. The summed E-state index contributed by atoms with van der Waals surface area (Å²) in [6.45, 7) is 2.05. The summed E-state index contributed by atoms with van der Waals surface area (Å²) < 4.78 is -0.0782. The summed E-state index contributed by atoms with van der Waals surface area (Å²) in [4.78, 5) is 14.4. The summed E-state index contributed by atoms with van der Waals surface area (Å²) in [5.74, 6) is 0. The van der Waals surface area contributed by atoms with Crippen LogP contribution in [0.2, 0.25) is 0 Å². The lowest BCUT2D eigenvalue weighted by molar-refractivity contribution is 0.109. The number of aryl methyl sites for hydroxylation is 1. The fourth-order valence-electron chi connectivity index (χ4n) is 1.74. The molecule has 2 nitrogen and oxygen atoms in total. The molecule has 0 spiro atoms. The summed E-state index contributed by atoms with van der Waals surface area (Å²) in [5.41, 5.74) is 2.78. The van der Waals surface area contributed by atoms with Gasteiger partial charge in [0.2, 0.25) is 4.69 Å². The maximum atomic E-state index is 11.3. The lowest BCUT2D eigenvalue weighted by Crippen LogP contribution is -1.93. The van der Waals surface area contributed by atoms with Gasteiger partial charge in [-0.25, -0.2) is 0 Å². The molecular formula is C11H10BrNO. The van der Waals surface area contributed by atoms with Gasteiger partial charge < -0.3 is 4.98 Å². The maximum absolute atomic E-state index is 11.3. The molecule has 0 atom stereocenters. The first kappa shape index (κ1) is 9.46. The smallest absolute Gasteiger partial charge is 0.244 e. The van der Waals surface area contributed by atoms with E-state index in [0.717, 1.165) is 22.9 Å². The Morgan fingerprint density at radius 3 is 2.79 bits per heavy atom. The van der Waals surface area contributed by atoms with Crippen LogP contribution in [-0.2, 0) is 6.42 Å². The van der Waals surface area contributed by atoms with Crippen molar-refractivity contribution in [3.05, 3.63) is 35.5 Å². The molecule has 3 heteroatoms. The number of carbonyl (C=O) groups is 1. The molecule has 14 heavy (non-hydrogen) atoms. The average molecular weight is 252 g/mol. The third kappa shape index (κ3) is 1.38. The van der Waals surface area contributed by atoms with Crippen LogP contribution in [0, 0.1) is 0 Å². The van der Waals surface area contributed by atoms with E-state index in [1.54, 1.807) is 0 Å². The quantitative estimate of drug-likeness (QED) is 0.817. The molecular weight excluding hydrogens is 242 g/mol. The Morgan fingerprint density at radius 1 is 1.43 bits per heavy atom. The van der Waals surface area contributed by atoms with Crippen molar-refractivity contribution in [2.75, 3.05) is 0 Å². The number of H-pyrrole nitrogens is 1. The summed E-state index contributed by atoms with van der Waals surface area (Å²) >= 11 is 2.98. The molecule has 2 rings (SSSR count). The second-order valence-corrected chi connectivity index (χ2v) is 3.87. The Balaban J connectivity index is 2.78. The van der Waals surface area contributed by atoms with Crippen LogP contribution in [0.5, 0.6) is 0 Å². The van der Waals surface area contributed by atoms with Crippen molar-refractivity contribution in [3.8, 4) is 0 Å². The molecule has 1 aromatic carbocycles. The third-order valence-corrected chi connectivity index (χ3v) is 2.76. The first-order valence-corrected chi connectivity index (χ1v) is 5.32. The molecule has 0 fully saturated rings. The summed E-state index contributed by atoms with van der Waals surface area (Å²) in [6, 6.07) is 7.95. The highest BCUT2D eigenvalue weighted by molar-refractivity contribution is 9.18. The number of rotatable bonds is 2. The van der Waals surface area contributed by atoms with Gasteiger partial charge in [0, 0.05) is 10.9 Å². The van der Waals surface area contributed by atoms with Gasteiger partial charge in [0.1, 0.15) is 0 Å². The first-order valence-electron chi connectivity index (χ1n) is 4.53. The number of nitrogens with one attached hydrogen (secondary N) is 1. The molecule has 0 saturated heterocycles. The van der Waals surface area contributed by atoms with Crippen LogP contribution in [0.3, 0.4) is 0 Å². The van der Waals surface area contributed by atoms with Crippen LogP contribution in [-0.4, -0.2) is 9.68 Å². The monoisotopic (exact) mass is 251 g/mol. The lowest BCUT2D eigenvalue weighted by Gasteiger charge is -1.95. The van der Waals surface area contributed by atoms with Crippen LogP contribution in [0.25, 0.3) is 10.9 Å². The molecule has 0 radical (unpaired) electrons. The lowest BCUT2D eigenvalue weighted by atomic mass is 10.1. The van der Waals surface area contributed by atoms with Crippen LogP contribution >= 0.6 is 15.9 Å². The topological polar surface area (TPSA) is 32.9 Å². The van der Waals surface area contributed by atoms with Gasteiger partial charge in [-0.2, -0.15) is 0 Å². The highest BCUT2D eigenvalue weighted by Crippen LogP contribution is 2.24. The minimum atomic E-state index is -0.0782. The van der Waals surface area contributed by atoms with Crippen molar-refractivity contribution in [2.45, 2.75) is 13.3 Å². The van der Waals surface area contributed by atoms with Gasteiger partial charge in [0.05, 0.1) is 5.69 Å². The summed E-state index contributed by atoms with van der Waals surface area (Å²) in [7, 11) is 0. The molecule has 2 aromatic rings. The van der Waals surface area contributed by atoms with Gasteiger partial charge in [-0.05, 0) is 34.0 Å². The number of para-hydroxylation sites is 1. The molecule has 0 bridgehead atoms. The van der Waals surface area contributed by atoms with Crippen LogP contribution < -0.4 is 0 Å². The van der Waals surface area contributed by atoms with E-state index < -0.39 is 0 Å². The van der Waals surface area contributed by atoms with E-state index in [9.17, 15) is 4.79 Å². The fourth-order valence-corrected chi connectivity index (χ4v) is 2.07. The molecule has 0 aliphatic rings. The van der Waals surface area contributed by atoms with Crippen LogP contribution in [0.15, 0.2) is 24.3 Å². The zero-order valence-corrected chi connectivity index (χ0v) is 9.39. The molecule has 1 heterocycles. The highest BCUT2D eigenvalue weighted by atomic mass is 79.9. The van der Waals surface area contributed by atoms with Crippen LogP contribution in [0.1, 0.15) is 23.0 Å². The average Bonchev–Trinajstić information content (AvgIpc) is 2.56. The van der Waals surface area contributed by atoms with Gasteiger partial charge >= 0.3 is 0 Å². The van der Waals surface area contributed by atoms with Gasteiger partial charge in [0.25, 0.3) is 0 Å². The zero-order valence-electron chi connectivity index (χ0n) is 7.80. The SMILES string of the molecule is CCc1c(C(=O)Br)[nH]c2ccccc12. The number of carbonyl (C=O) groups excluding carboxylic acids is 1. The van der Waals surface area contributed by atoms with E-state index in [0.29, 0.717) is 5.69 Å². The number of halogens is 1. The summed E-state index contributed by atoms with van der Waals surface area (Å²) in [6.07, 6.45) is 0.858. The number of hydrogen-bond donors (Lipinski definition) is 1. The van der Waals surface area contributed by atoms with Gasteiger partial charge in [-0.1, -0.05) is 25.1 Å². The van der Waals surface area contributed by atoms with Crippen molar-refractivity contribution in [1.29, 1.82) is 0 Å². The first-order chi connectivity index (χ1) is 6.74. The predicted molar refractivity (Wildman–Crippen MR) is 60.9 cm³/mol. The normalized spacial score (nSPS) is 10.7. The molecule has 0 aliphatic heterocycles. The Hall–Kier alpha value is -1.09. The molecule has 0 amide bonds. The number of aromatic nitrogens is 1. The van der Waals surface area contributed by atoms with E-state index in [-0.39, 0.29) is 4.69 Å². The second-order valence-electron chi connectivity index (χ2n) is 3.15. The van der Waals surface area contributed by atoms with Crippen molar-refractivity contribution < 1.29 is 4.79 Å². The third-order valence-electron chi connectivity index (χ3n) is 2.36. The minimum absolute atomic E-state index is 0.0782. The van der Waals surface area contributed by atoms with Gasteiger partial charge in [-0.15, -0.1) is 0 Å². The van der Waals surface area contributed by atoms with E-state index in [2.05, 4.69) is 27.8 Å². The number of benzene rings is 1.